The molecule has 1 aliphatic rings. The van der Waals surface area contributed by atoms with Gasteiger partial charge in [0.1, 0.15) is 0 Å². The number of rotatable bonds is 5. The molecule has 1 aliphatic carbocycles. The highest BCUT2D eigenvalue weighted by Gasteiger charge is 2.18. The van der Waals surface area contributed by atoms with Gasteiger partial charge in [0, 0.05) is 0 Å². The van der Waals surface area contributed by atoms with E-state index in [0.717, 1.165) is 18.4 Å². The summed E-state index contributed by atoms with van der Waals surface area (Å²) < 4.78 is 10.9. The van der Waals surface area contributed by atoms with Crippen LogP contribution in [0.2, 0.25) is 0 Å². The van der Waals surface area contributed by atoms with Crippen LogP contribution in [-0.4, -0.2) is 13.2 Å². The molecule has 1 fully saturated rings. The Hall–Kier alpha value is -1.18. The van der Waals surface area contributed by atoms with Gasteiger partial charge in [-0.05, 0) is 38.7 Å². The molecule has 0 aromatic carbocycles. The van der Waals surface area contributed by atoms with Gasteiger partial charge in [0.05, 0.1) is 13.2 Å². The monoisotopic (exact) mass is 208 g/mol. The maximum absolute atomic E-state index is 5.74. The third-order valence-electron chi connectivity index (χ3n) is 2.48. The minimum atomic E-state index is 0.321. The third kappa shape index (κ3) is 3.82. The lowest BCUT2D eigenvalue weighted by Gasteiger charge is -2.16. The molecule has 0 bridgehead atoms. The van der Waals surface area contributed by atoms with Crippen molar-refractivity contribution in [2.45, 2.75) is 38.7 Å². The molecule has 0 atom stereocenters. The summed E-state index contributed by atoms with van der Waals surface area (Å²) in [6.07, 6.45) is 6.93. The Morgan fingerprint density at radius 3 is 2.33 bits per heavy atom. The first-order valence-electron chi connectivity index (χ1n) is 5.40. The van der Waals surface area contributed by atoms with Gasteiger partial charge >= 0.3 is 0 Å². The third-order valence-corrected chi connectivity index (χ3v) is 2.48. The predicted molar refractivity (Wildman–Crippen MR) is 62.4 cm³/mol. The molecule has 15 heavy (non-hydrogen) atoms. The normalized spacial score (nSPS) is 17.6. The molecular weight excluding hydrogens is 188 g/mol. The van der Waals surface area contributed by atoms with Crippen molar-refractivity contribution in [2.75, 3.05) is 7.11 Å². The van der Waals surface area contributed by atoms with E-state index in [2.05, 4.69) is 13.2 Å². The summed E-state index contributed by atoms with van der Waals surface area (Å²) in [5.74, 6) is 1.29. The highest BCUT2D eigenvalue weighted by atomic mass is 16.5. The second kappa shape index (κ2) is 5.64. The van der Waals surface area contributed by atoms with E-state index in [1.165, 1.54) is 12.8 Å². The van der Waals surface area contributed by atoms with Crippen LogP contribution >= 0.6 is 0 Å². The van der Waals surface area contributed by atoms with Gasteiger partial charge < -0.3 is 9.47 Å². The zero-order valence-electron chi connectivity index (χ0n) is 9.71. The van der Waals surface area contributed by atoms with Gasteiger partial charge in [0.25, 0.3) is 0 Å². The van der Waals surface area contributed by atoms with Crippen molar-refractivity contribution in [1.29, 1.82) is 0 Å². The zero-order valence-corrected chi connectivity index (χ0v) is 9.71. The van der Waals surface area contributed by atoms with Gasteiger partial charge in [-0.1, -0.05) is 18.7 Å². The molecule has 0 heterocycles. The average molecular weight is 208 g/mol. The Balaban J connectivity index is 2.53. The molecule has 0 saturated heterocycles. The number of allylic oxidation sites excluding steroid dienone is 2. The Bertz CT molecular complexity index is 270. The molecule has 0 aliphatic heterocycles. The topological polar surface area (TPSA) is 18.5 Å². The van der Waals surface area contributed by atoms with Crippen LogP contribution in [0.5, 0.6) is 0 Å². The summed E-state index contributed by atoms with van der Waals surface area (Å²) >= 11 is 0. The molecule has 0 unspecified atom stereocenters. The first-order valence-corrected chi connectivity index (χ1v) is 5.40. The molecule has 1 rings (SSSR count). The van der Waals surface area contributed by atoms with Crippen LogP contribution in [0.4, 0.5) is 0 Å². The second-order valence-corrected chi connectivity index (χ2v) is 4.01. The Labute approximate surface area is 92.3 Å². The second-order valence-electron chi connectivity index (χ2n) is 4.01. The van der Waals surface area contributed by atoms with Crippen molar-refractivity contribution in [3.05, 3.63) is 36.3 Å². The molecular formula is C13H20O2. The molecule has 84 valence electrons. The van der Waals surface area contributed by atoms with E-state index < -0.39 is 0 Å². The fourth-order valence-corrected chi connectivity index (χ4v) is 1.74. The Kier molecular flexibility index (Phi) is 4.47. The van der Waals surface area contributed by atoms with E-state index in [4.69, 9.17) is 9.47 Å². The molecule has 0 amide bonds. The predicted octanol–water partition coefficient (Wildman–Crippen LogP) is 3.57. The van der Waals surface area contributed by atoms with E-state index >= 15 is 0 Å². The van der Waals surface area contributed by atoms with Gasteiger partial charge in [-0.15, -0.1) is 0 Å². The highest BCUT2D eigenvalue weighted by Crippen LogP contribution is 2.25. The van der Waals surface area contributed by atoms with E-state index in [-0.39, 0.29) is 0 Å². The smallest absolute Gasteiger partial charge is 0.160 e. The van der Waals surface area contributed by atoms with Crippen molar-refractivity contribution in [2.24, 2.45) is 0 Å². The van der Waals surface area contributed by atoms with Crippen LogP contribution in [0.25, 0.3) is 0 Å². The first-order chi connectivity index (χ1) is 7.13. The molecule has 2 nitrogen and oxygen atoms in total. The minimum absolute atomic E-state index is 0.321. The molecule has 0 aromatic heterocycles. The molecule has 0 spiro atoms. The summed E-state index contributed by atoms with van der Waals surface area (Å²) in [7, 11) is 1.62. The Morgan fingerprint density at radius 1 is 1.27 bits per heavy atom. The summed E-state index contributed by atoms with van der Waals surface area (Å²) in [6.45, 7) is 9.61. The number of hydrogen-bond acceptors (Lipinski definition) is 2. The Morgan fingerprint density at radius 2 is 1.87 bits per heavy atom. The van der Waals surface area contributed by atoms with Gasteiger partial charge in [0.15, 0.2) is 11.5 Å². The minimum Gasteiger partial charge on any atom is -0.493 e. The lowest BCUT2D eigenvalue weighted by atomic mass is 10.2. The number of hydrogen-bond donors (Lipinski definition) is 0. The van der Waals surface area contributed by atoms with Crippen LogP contribution in [0.1, 0.15) is 32.6 Å². The summed E-state index contributed by atoms with van der Waals surface area (Å²) in [4.78, 5) is 0. The van der Waals surface area contributed by atoms with E-state index in [1.807, 2.05) is 13.0 Å². The van der Waals surface area contributed by atoms with Crippen molar-refractivity contribution < 1.29 is 9.47 Å². The summed E-state index contributed by atoms with van der Waals surface area (Å²) in [5.41, 5.74) is 0.933. The van der Waals surface area contributed by atoms with Crippen LogP contribution in [-0.2, 0) is 9.47 Å². The maximum Gasteiger partial charge on any atom is 0.160 e. The highest BCUT2D eigenvalue weighted by molar-refractivity contribution is 5.25. The molecule has 1 saturated carbocycles. The number of ether oxygens (including phenoxy) is 2. The molecule has 0 aromatic rings. The van der Waals surface area contributed by atoms with Gasteiger partial charge in [0.2, 0.25) is 0 Å². The van der Waals surface area contributed by atoms with Crippen molar-refractivity contribution in [3.63, 3.8) is 0 Å². The molecule has 2 heteroatoms. The number of methoxy groups -OCH3 is 1. The summed E-state index contributed by atoms with van der Waals surface area (Å²) in [5, 5.41) is 0. The van der Waals surface area contributed by atoms with Crippen LogP contribution in [0.3, 0.4) is 0 Å². The van der Waals surface area contributed by atoms with Gasteiger partial charge in [-0.25, -0.2) is 0 Å². The fraction of sp³-hybridized carbons (Fsp3) is 0.538. The van der Waals surface area contributed by atoms with Crippen molar-refractivity contribution in [1.82, 2.24) is 0 Å². The largest absolute Gasteiger partial charge is 0.493 e. The van der Waals surface area contributed by atoms with E-state index in [9.17, 15) is 0 Å². The maximum atomic E-state index is 5.74. The van der Waals surface area contributed by atoms with Crippen LogP contribution in [0, 0.1) is 0 Å². The van der Waals surface area contributed by atoms with Gasteiger partial charge in [-0.2, -0.15) is 0 Å². The van der Waals surface area contributed by atoms with Crippen LogP contribution < -0.4 is 0 Å². The van der Waals surface area contributed by atoms with Crippen LogP contribution in [0.15, 0.2) is 36.3 Å². The van der Waals surface area contributed by atoms with Gasteiger partial charge in [-0.3, -0.25) is 0 Å². The lowest BCUT2D eigenvalue weighted by Crippen LogP contribution is -2.08. The SMILES string of the molecule is C=C(C)/C=C(/OC)C(=C)OC1CCCC1. The average Bonchev–Trinajstić information content (AvgIpc) is 2.66. The lowest BCUT2D eigenvalue weighted by molar-refractivity contribution is 0.107. The first kappa shape index (κ1) is 11.9. The quantitative estimate of drug-likeness (QED) is 0.508. The van der Waals surface area contributed by atoms with E-state index in [1.54, 1.807) is 7.11 Å². The molecule has 0 radical (unpaired) electrons. The zero-order chi connectivity index (χ0) is 11.3. The molecule has 0 N–H and O–H groups in total. The van der Waals surface area contributed by atoms with E-state index in [0.29, 0.717) is 17.6 Å². The summed E-state index contributed by atoms with van der Waals surface area (Å²) in [6, 6.07) is 0. The van der Waals surface area contributed by atoms with Crippen molar-refractivity contribution >= 4 is 0 Å². The standard InChI is InChI=1S/C13H20O2/c1-10(2)9-13(14-4)11(3)15-12-7-5-6-8-12/h9,12H,1,3,5-8H2,2,4H3/b13-9+. The van der Waals surface area contributed by atoms with Crippen molar-refractivity contribution in [3.8, 4) is 0 Å². The fourth-order valence-electron chi connectivity index (χ4n) is 1.74.